The third kappa shape index (κ3) is 3.46. The molecule has 3 heteroatoms. The summed E-state index contributed by atoms with van der Waals surface area (Å²) < 4.78 is 13.2. The van der Waals surface area contributed by atoms with E-state index in [0.29, 0.717) is 12.1 Å². The molecule has 136 valence electrons. The Bertz CT molecular complexity index is 770. The summed E-state index contributed by atoms with van der Waals surface area (Å²) in [4.78, 5) is 2.56. The van der Waals surface area contributed by atoms with Crippen LogP contribution in [0.25, 0.3) is 6.08 Å². The van der Waals surface area contributed by atoms with Crippen molar-refractivity contribution in [1.82, 2.24) is 4.90 Å². The van der Waals surface area contributed by atoms with Gasteiger partial charge in [-0.25, -0.2) is 4.39 Å². The molecule has 2 aliphatic heterocycles. The number of rotatable bonds is 4. The molecule has 2 saturated heterocycles. The van der Waals surface area contributed by atoms with Gasteiger partial charge < -0.3 is 5.11 Å². The molecule has 1 N–H and O–H groups in total. The van der Waals surface area contributed by atoms with Gasteiger partial charge in [0.25, 0.3) is 0 Å². The van der Waals surface area contributed by atoms with E-state index in [1.165, 1.54) is 23.3 Å². The van der Waals surface area contributed by atoms with Crippen molar-refractivity contribution >= 4 is 6.08 Å². The minimum Gasteiger partial charge on any atom is -0.385 e. The van der Waals surface area contributed by atoms with Crippen LogP contribution in [0.5, 0.6) is 0 Å². The van der Waals surface area contributed by atoms with Gasteiger partial charge in [0.05, 0.1) is 5.60 Å². The van der Waals surface area contributed by atoms with Gasteiger partial charge in [-0.3, -0.25) is 4.90 Å². The van der Waals surface area contributed by atoms with Gasteiger partial charge in [0.1, 0.15) is 5.82 Å². The molecule has 0 aromatic heterocycles. The summed E-state index contributed by atoms with van der Waals surface area (Å²) in [6, 6.07) is 17.6. The van der Waals surface area contributed by atoms with Crippen LogP contribution in [-0.2, 0) is 5.60 Å². The van der Waals surface area contributed by atoms with Gasteiger partial charge in [-0.2, -0.15) is 0 Å². The maximum Gasteiger partial charge on any atom is 0.123 e. The van der Waals surface area contributed by atoms with Crippen molar-refractivity contribution in [2.24, 2.45) is 0 Å². The van der Waals surface area contributed by atoms with Gasteiger partial charge >= 0.3 is 0 Å². The van der Waals surface area contributed by atoms with Crippen molar-refractivity contribution in [1.29, 1.82) is 0 Å². The Kier molecular flexibility index (Phi) is 4.68. The van der Waals surface area contributed by atoms with E-state index in [9.17, 15) is 9.50 Å². The second kappa shape index (κ2) is 6.98. The third-order valence-electron chi connectivity index (χ3n) is 5.94. The standard InChI is InChI=1S/C23H26FNO/c1-17(13-18-5-3-2-4-6-18)16-25-21-11-12-22(25)15-23(26,14-21)19-7-9-20(24)10-8-19/h2-10,13,21-22,26H,11-12,14-16H2,1H3/b17-13+. The Morgan fingerprint density at radius 1 is 1.08 bits per heavy atom. The molecule has 2 aromatic carbocycles. The van der Waals surface area contributed by atoms with Crippen molar-refractivity contribution in [2.75, 3.05) is 6.54 Å². The first-order chi connectivity index (χ1) is 12.5. The fourth-order valence-electron chi connectivity index (χ4n) is 4.74. The highest BCUT2D eigenvalue weighted by Gasteiger charge is 2.48. The van der Waals surface area contributed by atoms with E-state index in [4.69, 9.17) is 0 Å². The fourth-order valence-corrected chi connectivity index (χ4v) is 4.74. The fraction of sp³-hybridized carbons (Fsp3) is 0.391. The molecule has 0 radical (unpaired) electrons. The quantitative estimate of drug-likeness (QED) is 0.860. The molecule has 0 saturated carbocycles. The average molecular weight is 351 g/mol. The molecule has 26 heavy (non-hydrogen) atoms. The third-order valence-corrected chi connectivity index (χ3v) is 5.94. The highest BCUT2D eigenvalue weighted by atomic mass is 19.1. The molecule has 2 aliphatic rings. The molecular formula is C23H26FNO. The van der Waals surface area contributed by atoms with Gasteiger partial charge in [-0.15, -0.1) is 0 Å². The van der Waals surface area contributed by atoms with E-state index in [1.807, 2.05) is 6.07 Å². The summed E-state index contributed by atoms with van der Waals surface area (Å²) in [5, 5.41) is 11.2. The smallest absolute Gasteiger partial charge is 0.123 e. The van der Waals surface area contributed by atoms with Crippen LogP contribution < -0.4 is 0 Å². The number of piperidine rings is 1. The number of nitrogens with zero attached hydrogens (tertiary/aromatic N) is 1. The van der Waals surface area contributed by atoms with Crippen molar-refractivity contribution in [3.8, 4) is 0 Å². The van der Waals surface area contributed by atoms with E-state index in [0.717, 1.165) is 37.8 Å². The lowest BCUT2D eigenvalue weighted by atomic mass is 9.80. The van der Waals surface area contributed by atoms with Crippen LogP contribution >= 0.6 is 0 Å². The Balaban J connectivity index is 1.49. The minimum absolute atomic E-state index is 0.251. The second-order valence-electron chi connectivity index (χ2n) is 7.91. The number of fused-ring (bicyclic) bond motifs is 2. The molecule has 2 heterocycles. The number of hydrogen-bond donors (Lipinski definition) is 1. The molecule has 2 bridgehead atoms. The van der Waals surface area contributed by atoms with E-state index in [-0.39, 0.29) is 5.82 Å². The first-order valence-corrected chi connectivity index (χ1v) is 9.50. The molecular weight excluding hydrogens is 325 g/mol. The zero-order valence-corrected chi connectivity index (χ0v) is 15.2. The molecule has 0 aliphatic carbocycles. The molecule has 2 nitrogen and oxygen atoms in total. The van der Waals surface area contributed by atoms with Crippen molar-refractivity contribution in [3.63, 3.8) is 0 Å². The van der Waals surface area contributed by atoms with Crippen LogP contribution in [-0.4, -0.2) is 28.6 Å². The summed E-state index contributed by atoms with van der Waals surface area (Å²) in [6.07, 6.45) is 5.97. The Morgan fingerprint density at radius 3 is 2.31 bits per heavy atom. The number of aliphatic hydroxyl groups is 1. The van der Waals surface area contributed by atoms with Crippen molar-refractivity contribution in [2.45, 2.75) is 50.3 Å². The second-order valence-corrected chi connectivity index (χ2v) is 7.91. The lowest BCUT2D eigenvalue weighted by Gasteiger charge is -2.44. The number of hydrogen-bond acceptors (Lipinski definition) is 2. The Morgan fingerprint density at radius 2 is 1.69 bits per heavy atom. The van der Waals surface area contributed by atoms with Gasteiger partial charge in [-0.1, -0.05) is 54.1 Å². The first-order valence-electron chi connectivity index (χ1n) is 9.50. The highest BCUT2D eigenvalue weighted by molar-refractivity contribution is 5.52. The first kappa shape index (κ1) is 17.4. The van der Waals surface area contributed by atoms with Gasteiger partial charge in [-0.05, 0) is 55.9 Å². The van der Waals surface area contributed by atoms with Gasteiger partial charge in [0.15, 0.2) is 0 Å². The monoisotopic (exact) mass is 351 g/mol. The largest absolute Gasteiger partial charge is 0.385 e. The van der Waals surface area contributed by atoms with Crippen LogP contribution in [0.1, 0.15) is 43.7 Å². The van der Waals surface area contributed by atoms with E-state index >= 15 is 0 Å². The van der Waals surface area contributed by atoms with Crippen LogP contribution in [0.4, 0.5) is 4.39 Å². The van der Waals surface area contributed by atoms with Gasteiger partial charge in [0.2, 0.25) is 0 Å². The summed E-state index contributed by atoms with van der Waals surface area (Å²) in [7, 11) is 0. The summed E-state index contributed by atoms with van der Waals surface area (Å²) in [5.41, 5.74) is 2.61. The van der Waals surface area contributed by atoms with Crippen LogP contribution in [0.2, 0.25) is 0 Å². The zero-order valence-electron chi connectivity index (χ0n) is 15.2. The highest BCUT2D eigenvalue weighted by Crippen LogP contribution is 2.45. The van der Waals surface area contributed by atoms with Crippen molar-refractivity contribution < 1.29 is 9.50 Å². The van der Waals surface area contributed by atoms with Crippen LogP contribution in [0.15, 0.2) is 60.2 Å². The summed E-state index contributed by atoms with van der Waals surface area (Å²) >= 11 is 0. The van der Waals surface area contributed by atoms with E-state index in [2.05, 4.69) is 42.2 Å². The average Bonchev–Trinajstić information content (AvgIpc) is 2.87. The number of benzene rings is 2. The molecule has 2 atom stereocenters. The normalized spacial score (nSPS) is 29.1. The molecule has 2 fully saturated rings. The molecule has 4 rings (SSSR count). The zero-order chi connectivity index (χ0) is 18.1. The topological polar surface area (TPSA) is 23.5 Å². The van der Waals surface area contributed by atoms with Crippen molar-refractivity contribution in [3.05, 3.63) is 77.1 Å². The lowest BCUT2D eigenvalue weighted by molar-refractivity contribution is -0.0542. The minimum atomic E-state index is -0.826. The van der Waals surface area contributed by atoms with E-state index < -0.39 is 5.60 Å². The molecule has 0 spiro atoms. The summed E-state index contributed by atoms with van der Waals surface area (Å²) in [6.45, 7) is 3.14. The lowest BCUT2D eigenvalue weighted by Crippen LogP contribution is -2.50. The predicted octanol–water partition coefficient (Wildman–Crippen LogP) is 4.74. The molecule has 2 aromatic rings. The Hall–Kier alpha value is -1.97. The SMILES string of the molecule is C/C(=C\c1ccccc1)CN1C2CCC1CC(O)(c1ccc(F)cc1)C2. The molecule has 0 amide bonds. The maximum absolute atomic E-state index is 13.2. The Labute approximate surface area is 155 Å². The molecule has 2 unspecified atom stereocenters. The predicted molar refractivity (Wildman–Crippen MR) is 103 cm³/mol. The van der Waals surface area contributed by atoms with E-state index in [1.54, 1.807) is 12.1 Å². The maximum atomic E-state index is 13.2. The van der Waals surface area contributed by atoms with Gasteiger partial charge in [0, 0.05) is 18.6 Å². The summed E-state index contributed by atoms with van der Waals surface area (Å²) in [5.74, 6) is -0.251. The number of halogens is 1. The van der Waals surface area contributed by atoms with Crippen LogP contribution in [0, 0.1) is 5.82 Å². The van der Waals surface area contributed by atoms with Crippen LogP contribution in [0.3, 0.4) is 0 Å².